The van der Waals surface area contributed by atoms with Crippen molar-refractivity contribution in [2.45, 2.75) is 143 Å². The Balaban J connectivity index is 1.55. The molecule has 0 unspecified atom stereocenters. The molecule has 1 aromatic carbocycles. The average molecular weight is 454 g/mol. The third-order valence-corrected chi connectivity index (χ3v) is 7.05. The van der Waals surface area contributed by atoms with Gasteiger partial charge in [0.2, 0.25) is 0 Å². The lowest BCUT2D eigenvalue weighted by molar-refractivity contribution is -0.703. The van der Waals surface area contributed by atoms with Gasteiger partial charge in [-0.1, -0.05) is 134 Å². The van der Waals surface area contributed by atoms with E-state index in [0.29, 0.717) is 0 Å². The molecule has 0 bridgehead atoms. The SMILES string of the molecule is CCCCCCCCCCCCCCCCC[n+]1ccn(CCCC)c1Cc1ccccc1. The number of unbranched alkanes of at least 4 members (excludes halogenated alkanes) is 15. The molecule has 2 heteroatoms. The van der Waals surface area contributed by atoms with Crippen LogP contribution in [0.5, 0.6) is 0 Å². The van der Waals surface area contributed by atoms with E-state index in [1.54, 1.807) is 0 Å². The third-order valence-electron chi connectivity index (χ3n) is 7.05. The molecular formula is C31H53N2+. The Morgan fingerprint density at radius 3 is 1.67 bits per heavy atom. The summed E-state index contributed by atoms with van der Waals surface area (Å²) in [6.07, 6.45) is 29.6. The smallest absolute Gasteiger partial charge is 0.234 e. The molecule has 0 radical (unpaired) electrons. The third kappa shape index (κ3) is 12.5. The Bertz CT molecular complexity index is 688. The molecule has 0 aliphatic rings. The number of hydrogen-bond donors (Lipinski definition) is 0. The van der Waals surface area contributed by atoms with Gasteiger partial charge in [0.15, 0.2) is 0 Å². The standard InChI is InChI=1S/C31H53N2/c1-3-5-7-8-9-10-11-12-13-14-15-16-17-18-22-26-33-28-27-32(25-6-4-2)31(33)29-30-23-20-19-21-24-30/h19-21,23-24,27-28H,3-18,22,25-26,29H2,1-2H3/q+1. The van der Waals surface area contributed by atoms with Gasteiger partial charge >= 0.3 is 0 Å². The summed E-state index contributed by atoms with van der Waals surface area (Å²) >= 11 is 0. The van der Waals surface area contributed by atoms with Crippen LogP contribution < -0.4 is 4.57 Å². The highest BCUT2D eigenvalue weighted by atomic mass is 15.1. The highest BCUT2D eigenvalue weighted by molar-refractivity contribution is 5.18. The fraction of sp³-hybridized carbons (Fsp3) is 0.710. The van der Waals surface area contributed by atoms with E-state index < -0.39 is 0 Å². The van der Waals surface area contributed by atoms with Crippen molar-refractivity contribution < 1.29 is 4.57 Å². The summed E-state index contributed by atoms with van der Waals surface area (Å²) in [4.78, 5) is 0. The number of imidazole rings is 1. The van der Waals surface area contributed by atoms with Gasteiger partial charge in [-0.2, -0.15) is 0 Å². The van der Waals surface area contributed by atoms with Gasteiger partial charge in [-0.15, -0.1) is 0 Å². The average Bonchev–Trinajstić information content (AvgIpc) is 3.22. The quantitative estimate of drug-likeness (QED) is 0.132. The highest BCUT2D eigenvalue weighted by Crippen LogP contribution is 2.14. The Morgan fingerprint density at radius 2 is 1.12 bits per heavy atom. The van der Waals surface area contributed by atoms with Crippen molar-refractivity contribution >= 4 is 0 Å². The monoisotopic (exact) mass is 453 g/mol. The molecule has 0 fully saturated rings. The van der Waals surface area contributed by atoms with Crippen LogP contribution in [-0.4, -0.2) is 4.57 Å². The summed E-state index contributed by atoms with van der Waals surface area (Å²) < 4.78 is 5.01. The van der Waals surface area contributed by atoms with Crippen LogP contribution >= 0.6 is 0 Å². The van der Waals surface area contributed by atoms with Gasteiger partial charge in [-0.3, -0.25) is 0 Å². The predicted octanol–water partition coefficient (Wildman–Crippen LogP) is 9.04. The lowest BCUT2D eigenvalue weighted by Crippen LogP contribution is -2.37. The molecule has 2 aromatic rings. The minimum absolute atomic E-state index is 1.04. The van der Waals surface area contributed by atoms with Crippen LogP contribution in [0.15, 0.2) is 42.7 Å². The van der Waals surface area contributed by atoms with Gasteiger partial charge in [-0.05, 0) is 24.8 Å². The van der Waals surface area contributed by atoms with Crippen LogP contribution in [0.25, 0.3) is 0 Å². The van der Waals surface area contributed by atoms with Crippen molar-refractivity contribution in [2.75, 3.05) is 0 Å². The first-order valence-electron chi connectivity index (χ1n) is 14.5. The molecule has 2 rings (SSSR count). The second-order valence-electron chi connectivity index (χ2n) is 10.1. The highest BCUT2D eigenvalue weighted by Gasteiger charge is 2.17. The van der Waals surface area contributed by atoms with Crippen molar-refractivity contribution in [3.63, 3.8) is 0 Å². The zero-order chi connectivity index (χ0) is 23.4. The van der Waals surface area contributed by atoms with Crippen molar-refractivity contribution in [1.29, 1.82) is 0 Å². The zero-order valence-electron chi connectivity index (χ0n) is 22.1. The van der Waals surface area contributed by atoms with Crippen molar-refractivity contribution in [3.05, 3.63) is 54.1 Å². The van der Waals surface area contributed by atoms with E-state index in [1.165, 1.54) is 127 Å². The summed E-state index contributed by atoms with van der Waals surface area (Å²) in [5.41, 5.74) is 1.42. The van der Waals surface area contributed by atoms with E-state index in [2.05, 4.69) is 65.7 Å². The molecule has 0 aliphatic heterocycles. The maximum Gasteiger partial charge on any atom is 0.260 e. The predicted molar refractivity (Wildman–Crippen MR) is 144 cm³/mol. The van der Waals surface area contributed by atoms with Gasteiger partial charge in [0.1, 0.15) is 12.4 Å². The van der Waals surface area contributed by atoms with Gasteiger partial charge in [0.05, 0.1) is 19.5 Å². The second-order valence-corrected chi connectivity index (χ2v) is 10.1. The number of nitrogens with zero attached hydrogens (tertiary/aromatic N) is 2. The van der Waals surface area contributed by atoms with Crippen LogP contribution in [0.4, 0.5) is 0 Å². The van der Waals surface area contributed by atoms with Gasteiger partial charge in [-0.25, -0.2) is 9.13 Å². The van der Waals surface area contributed by atoms with Crippen molar-refractivity contribution in [1.82, 2.24) is 4.57 Å². The first kappa shape index (κ1) is 27.7. The number of rotatable bonds is 21. The Kier molecular flexibility index (Phi) is 15.8. The molecule has 0 aliphatic carbocycles. The van der Waals surface area contributed by atoms with Crippen molar-refractivity contribution in [3.8, 4) is 0 Å². The van der Waals surface area contributed by atoms with E-state index in [-0.39, 0.29) is 0 Å². The number of hydrogen-bond acceptors (Lipinski definition) is 0. The van der Waals surface area contributed by atoms with Gasteiger partial charge in [0, 0.05) is 0 Å². The minimum Gasteiger partial charge on any atom is -0.234 e. The van der Waals surface area contributed by atoms with Gasteiger partial charge < -0.3 is 0 Å². The Hall–Kier alpha value is -1.57. The molecule has 2 nitrogen and oxygen atoms in total. The minimum atomic E-state index is 1.04. The summed E-state index contributed by atoms with van der Waals surface area (Å²) in [7, 11) is 0. The first-order valence-corrected chi connectivity index (χ1v) is 14.5. The zero-order valence-corrected chi connectivity index (χ0v) is 22.1. The molecule has 0 spiro atoms. The summed E-state index contributed by atoms with van der Waals surface area (Å²) in [6.45, 7) is 6.89. The normalized spacial score (nSPS) is 11.3. The maximum absolute atomic E-state index is 2.52. The van der Waals surface area contributed by atoms with Crippen LogP contribution in [0.2, 0.25) is 0 Å². The molecule has 0 N–H and O–H groups in total. The summed E-state index contributed by atoms with van der Waals surface area (Å²) in [5, 5.41) is 0. The van der Waals surface area contributed by atoms with Crippen molar-refractivity contribution in [2.24, 2.45) is 0 Å². The largest absolute Gasteiger partial charge is 0.260 e. The molecule has 186 valence electrons. The summed E-state index contributed by atoms with van der Waals surface area (Å²) in [5.74, 6) is 1.47. The van der Waals surface area contributed by atoms with Crippen LogP contribution in [0.1, 0.15) is 134 Å². The molecule has 33 heavy (non-hydrogen) atoms. The van der Waals surface area contributed by atoms with E-state index in [1.807, 2.05) is 0 Å². The number of benzene rings is 1. The number of aromatic nitrogens is 2. The Labute approximate surface area is 205 Å². The fourth-order valence-corrected chi connectivity index (χ4v) is 4.87. The van der Waals surface area contributed by atoms with Crippen LogP contribution in [-0.2, 0) is 19.5 Å². The molecule has 0 saturated heterocycles. The van der Waals surface area contributed by atoms with E-state index in [0.717, 1.165) is 13.0 Å². The van der Waals surface area contributed by atoms with Crippen LogP contribution in [0.3, 0.4) is 0 Å². The fourth-order valence-electron chi connectivity index (χ4n) is 4.87. The molecule has 0 atom stereocenters. The van der Waals surface area contributed by atoms with E-state index >= 15 is 0 Å². The molecule has 1 aromatic heterocycles. The van der Waals surface area contributed by atoms with Gasteiger partial charge in [0.25, 0.3) is 5.82 Å². The molecule has 0 amide bonds. The lowest BCUT2D eigenvalue weighted by atomic mass is 10.0. The Morgan fingerprint density at radius 1 is 0.606 bits per heavy atom. The van der Waals surface area contributed by atoms with Crippen LogP contribution in [0, 0.1) is 0 Å². The molecular weight excluding hydrogens is 400 g/mol. The second kappa shape index (κ2) is 18.8. The molecule has 1 heterocycles. The number of aryl methyl sites for hydroxylation is 2. The molecule has 0 saturated carbocycles. The lowest BCUT2D eigenvalue weighted by Gasteiger charge is -2.06. The topological polar surface area (TPSA) is 8.81 Å². The first-order chi connectivity index (χ1) is 16.3. The van der Waals surface area contributed by atoms with E-state index in [4.69, 9.17) is 0 Å². The summed E-state index contributed by atoms with van der Waals surface area (Å²) in [6, 6.07) is 11.0. The maximum atomic E-state index is 2.52. The van der Waals surface area contributed by atoms with E-state index in [9.17, 15) is 0 Å².